The molecule has 2 aromatic carbocycles. The first-order chi connectivity index (χ1) is 27.5. The van der Waals surface area contributed by atoms with Gasteiger partial charge >= 0.3 is 5.69 Å². The van der Waals surface area contributed by atoms with Crippen molar-refractivity contribution in [1.82, 2.24) is 24.9 Å². The zero-order chi connectivity index (χ0) is 41.6. The third-order valence-electron chi connectivity index (χ3n) is 10.8. The van der Waals surface area contributed by atoms with Gasteiger partial charge in [0.1, 0.15) is 47.1 Å². The Labute approximate surface area is 335 Å². The van der Waals surface area contributed by atoms with Gasteiger partial charge in [0.05, 0.1) is 35.0 Å². The van der Waals surface area contributed by atoms with E-state index < -0.39 is 73.0 Å². The molecule has 5 atom stereocenters. The van der Waals surface area contributed by atoms with Crippen molar-refractivity contribution < 1.29 is 37.2 Å². The number of carbonyl (C=O) groups excluding carboxylic acids is 3. The number of amides is 3. The third kappa shape index (κ3) is 8.03. The number of hydrogen-bond donors (Lipinski definition) is 3. The summed E-state index contributed by atoms with van der Waals surface area (Å²) in [4.78, 5) is 64.4. The summed E-state index contributed by atoms with van der Waals surface area (Å²) in [5.74, 6) is -1.65. The number of benzene rings is 2. The monoisotopic (exact) mass is 811 g/mol. The van der Waals surface area contributed by atoms with Crippen LogP contribution in [0, 0.1) is 21.4 Å². The molecule has 3 aliphatic rings. The van der Waals surface area contributed by atoms with Crippen LogP contribution in [0.2, 0.25) is 0 Å². The van der Waals surface area contributed by atoms with Crippen molar-refractivity contribution in [3.63, 3.8) is 0 Å². The van der Waals surface area contributed by atoms with Crippen LogP contribution in [0.4, 0.5) is 11.4 Å². The Hall–Kier alpha value is -6.10. The molecular formula is C41H45N7O9S. The van der Waals surface area contributed by atoms with E-state index in [-0.39, 0.29) is 30.8 Å². The lowest BCUT2D eigenvalue weighted by molar-refractivity contribution is -0.384. The maximum absolute atomic E-state index is 14.9. The highest BCUT2D eigenvalue weighted by molar-refractivity contribution is 7.91. The van der Waals surface area contributed by atoms with Gasteiger partial charge < -0.3 is 25.0 Å². The lowest BCUT2D eigenvalue weighted by atomic mass is 9.85. The van der Waals surface area contributed by atoms with Crippen LogP contribution in [0.1, 0.15) is 46.5 Å². The van der Waals surface area contributed by atoms with Crippen molar-refractivity contribution in [3.05, 3.63) is 95.8 Å². The molecule has 2 aliphatic carbocycles. The molecule has 4 aromatic rings. The smallest absolute Gasteiger partial charge is 0.310 e. The summed E-state index contributed by atoms with van der Waals surface area (Å²) in [7, 11) is -2.38. The van der Waals surface area contributed by atoms with Crippen LogP contribution in [0.15, 0.2) is 85.7 Å². The highest BCUT2D eigenvalue weighted by Crippen LogP contribution is 2.46. The summed E-state index contributed by atoms with van der Waals surface area (Å²) in [6.07, 6.45) is 4.15. The van der Waals surface area contributed by atoms with E-state index in [4.69, 9.17) is 14.5 Å². The van der Waals surface area contributed by atoms with Gasteiger partial charge in [-0.3, -0.25) is 34.2 Å². The molecular weight excluding hydrogens is 767 g/mol. The number of hydrogen-bond acceptors (Lipinski definition) is 12. The highest BCUT2D eigenvalue weighted by Gasteiger charge is 2.62. The Balaban J connectivity index is 1.24. The fourth-order valence-corrected chi connectivity index (χ4v) is 8.72. The molecule has 16 nitrogen and oxygen atoms in total. The molecule has 3 amide bonds. The maximum atomic E-state index is 14.9. The fraction of sp³-hybridized carbons (Fsp3) is 0.390. The molecule has 0 spiro atoms. The van der Waals surface area contributed by atoms with Crippen molar-refractivity contribution in [1.29, 1.82) is 0 Å². The van der Waals surface area contributed by atoms with Gasteiger partial charge in [-0.1, -0.05) is 57.2 Å². The molecule has 3 fully saturated rings. The summed E-state index contributed by atoms with van der Waals surface area (Å²) in [5, 5.41) is 17.8. The molecule has 3 N–H and O–H groups in total. The third-order valence-corrected chi connectivity index (χ3v) is 12.7. The summed E-state index contributed by atoms with van der Waals surface area (Å²) >= 11 is 0. The Kier molecular flexibility index (Phi) is 10.6. The van der Waals surface area contributed by atoms with Crippen LogP contribution in [0.5, 0.6) is 11.5 Å². The topological polar surface area (TPSA) is 212 Å². The van der Waals surface area contributed by atoms with Crippen LogP contribution in [0.3, 0.4) is 0 Å². The quantitative estimate of drug-likeness (QED) is 0.0894. The highest BCUT2D eigenvalue weighted by atomic mass is 32.2. The molecule has 1 unspecified atom stereocenters. The molecule has 17 heteroatoms. The molecule has 3 heterocycles. The first-order valence-electron chi connectivity index (χ1n) is 18.9. The average molecular weight is 812 g/mol. The van der Waals surface area contributed by atoms with Crippen LogP contribution >= 0.6 is 0 Å². The summed E-state index contributed by atoms with van der Waals surface area (Å²) in [5.41, 5.74) is -0.685. The number of nitrogens with one attached hydrogen (secondary N) is 3. The number of fused-ring (bicyclic) bond motifs is 1. The van der Waals surface area contributed by atoms with Gasteiger partial charge in [-0.2, -0.15) is 0 Å². The van der Waals surface area contributed by atoms with E-state index in [1.807, 2.05) is 36.4 Å². The van der Waals surface area contributed by atoms with Crippen molar-refractivity contribution in [2.45, 2.75) is 75.4 Å². The number of pyridine rings is 2. The minimum atomic E-state index is -3.94. The minimum Gasteiger partial charge on any atom is -0.497 e. The van der Waals surface area contributed by atoms with Gasteiger partial charge in [0.25, 0.3) is 5.91 Å². The minimum absolute atomic E-state index is 0.0126. The van der Waals surface area contributed by atoms with Crippen LogP contribution < -0.4 is 24.8 Å². The van der Waals surface area contributed by atoms with E-state index in [0.29, 0.717) is 40.9 Å². The summed E-state index contributed by atoms with van der Waals surface area (Å²) in [6.45, 7) is 9.07. The van der Waals surface area contributed by atoms with E-state index in [0.717, 1.165) is 11.8 Å². The zero-order valence-corrected chi connectivity index (χ0v) is 33.3. The molecule has 0 radical (unpaired) electrons. The Morgan fingerprint density at radius 3 is 2.48 bits per heavy atom. The Bertz CT molecular complexity index is 2400. The van der Waals surface area contributed by atoms with Crippen LogP contribution in [-0.4, -0.2) is 88.6 Å². The van der Waals surface area contributed by atoms with E-state index in [9.17, 15) is 32.9 Å². The number of aromatic nitrogens is 2. The first-order valence-corrected chi connectivity index (χ1v) is 20.5. The van der Waals surface area contributed by atoms with E-state index in [1.165, 1.54) is 23.2 Å². The second-order valence-corrected chi connectivity index (χ2v) is 18.0. The lowest BCUT2D eigenvalue weighted by Crippen LogP contribution is -2.58. The van der Waals surface area contributed by atoms with Crippen molar-refractivity contribution >= 4 is 50.0 Å². The molecule has 2 aromatic heterocycles. The van der Waals surface area contributed by atoms with Gasteiger partial charge in [-0.15, -0.1) is 6.58 Å². The van der Waals surface area contributed by atoms with Crippen molar-refractivity contribution in [2.75, 3.05) is 19.0 Å². The molecule has 1 aliphatic heterocycles. The summed E-state index contributed by atoms with van der Waals surface area (Å²) in [6, 6.07) is 15.8. The van der Waals surface area contributed by atoms with Gasteiger partial charge in [0, 0.05) is 41.6 Å². The molecule has 58 heavy (non-hydrogen) atoms. The number of carbonyl (C=O) groups is 3. The number of likely N-dealkylation sites (tertiary alicyclic amines) is 1. The lowest BCUT2D eigenvalue weighted by Gasteiger charge is -2.36. The van der Waals surface area contributed by atoms with E-state index in [1.54, 1.807) is 46.1 Å². The Morgan fingerprint density at radius 2 is 1.84 bits per heavy atom. The van der Waals surface area contributed by atoms with Crippen LogP contribution in [-0.2, 0) is 24.4 Å². The molecule has 2 saturated carbocycles. The number of nitrogens with zero attached hydrogens (tertiary/aromatic N) is 4. The van der Waals surface area contributed by atoms with Crippen molar-refractivity contribution in [2.24, 2.45) is 11.3 Å². The molecule has 7 rings (SSSR count). The molecule has 0 bridgehead atoms. The second kappa shape index (κ2) is 15.3. The standard InChI is InChI=1S/C41H45N7O9S/c1-6-25-21-41(25,39(51)46-58(54,55)28-13-14-28)45-37(49)33-19-27(23-47(33)38(50)36(40(2,3)4)44-30-16-17-42-22-34(30)48(52)53)57-35-20-31(24-10-8-7-9-11-24)43-32-18-26(56-5)12-15-29(32)35/h6-12,15-18,20,22,25,27-28,33,36H,1,13-14,19,21,23H2,2-5H3,(H,42,44)(H,45,49)(H,46,51)/t25-,27-,33?,36-,41-/m1/s1. The first kappa shape index (κ1) is 40.1. The van der Waals surface area contributed by atoms with Gasteiger partial charge in [0.15, 0.2) is 0 Å². The normalized spacial score (nSPS) is 22.1. The predicted molar refractivity (Wildman–Crippen MR) is 215 cm³/mol. The SMILES string of the molecule is C=C[C@@H]1C[C@]1(NC(=O)C1C[C@@H](Oc2cc(-c3ccccc3)nc3cc(OC)ccc23)CN1C(=O)[C@@H](Nc1ccncc1[N+](=O)[O-])C(C)(C)C)C(=O)NS(=O)(=O)C1CC1. The predicted octanol–water partition coefficient (Wildman–Crippen LogP) is 4.76. The molecule has 304 valence electrons. The summed E-state index contributed by atoms with van der Waals surface area (Å²) < 4.78 is 39.9. The maximum Gasteiger partial charge on any atom is 0.310 e. The zero-order valence-electron chi connectivity index (χ0n) is 32.5. The fourth-order valence-electron chi connectivity index (χ4n) is 7.35. The largest absolute Gasteiger partial charge is 0.497 e. The van der Waals surface area contributed by atoms with Gasteiger partial charge in [-0.05, 0) is 42.9 Å². The van der Waals surface area contributed by atoms with Crippen LogP contribution in [0.25, 0.3) is 22.2 Å². The number of nitro groups is 1. The number of ether oxygens (including phenoxy) is 2. The number of sulfonamides is 1. The van der Waals surface area contributed by atoms with E-state index >= 15 is 0 Å². The number of anilines is 1. The Morgan fingerprint density at radius 1 is 1.10 bits per heavy atom. The average Bonchev–Trinajstić information content (AvgIpc) is 4.13. The van der Waals surface area contributed by atoms with Gasteiger partial charge in [0.2, 0.25) is 21.8 Å². The van der Waals surface area contributed by atoms with Crippen molar-refractivity contribution in [3.8, 4) is 22.8 Å². The number of rotatable bonds is 14. The van der Waals surface area contributed by atoms with E-state index in [2.05, 4.69) is 26.9 Å². The number of methoxy groups -OCH3 is 1. The second-order valence-electron chi connectivity index (χ2n) is 16.0. The van der Waals surface area contributed by atoms with Gasteiger partial charge in [-0.25, -0.2) is 13.4 Å². The molecule has 1 saturated heterocycles.